The van der Waals surface area contributed by atoms with Crippen LogP contribution in [0.15, 0.2) is 24.3 Å². The van der Waals surface area contributed by atoms with E-state index in [1.54, 1.807) is 0 Å². The summed E-state index contributed by atoms with van der Waals surface area (Å²) in [4.78, 5) is 19.7. The molecule has 1 aliphatic heterocycles. The van der Waals surface area contributed by atoms with Crippen LogP contribution in [0, 0.1) is 5.92 Å². The topological polar surface area (TPSA) is 57.8 Å². The summed E-state index contributed by atoms with van der Waals surface area (Å²) in [7, 11) is 0. The maximum Gasteiger partial charge on any atom is 0.220 e. The van der Waals surface area contributed by atoms with Gasteiger partial charge in [0.25, 0.3) is 0 Å². The molecule has 4 nitrogen and oxygen atoms in total. The maximum atomic E-state index is 11.9. The van der Waals surface area contributed by atoms with Crippen molar-refractivity contribution in [2.45, 2.75) is 25.7 Å². The van der Waals surface area contributed by atoms with E-state index in [-0.39, 0.29) is 5.91 Å². The SMILES string of the molecule is O=C(CC1CCSCC1)NCCc1nc2ccccc2[nH]1. The molecule has 2 heterocycles. The van der Waals surface area contributed by atoms with Crippen LogP contribution in [0.3, 0.4) is 0 Å². The van der Waals surface area contributed by atoms with Crippen molar-refractivity contribution < 1.29 is 4.79 Å². The Morgan fingerprint density at radius 2 is 2.14 bits per heavy atom. The van der Waals surface area contributed by atoms with Crippen LogP contribution in [0.25, 0.3) is 11.0 Å². The predicted octanol–water partition coefficient (Wildman–Crippen LogP) is 2.75. The number of imidazole rings is 1. The second-order valence-corrected chi connectivity index (χ2v) is 6.79. The van der Waals surface area contributed by atoms with Crippen LogP contribution in [-0.4, -0.2) is 33.9 Å². The number of aromatic nitrogens is 2. The molecule has 112 valence electrons. The fraction of sp³-hybridized carbons (Fsp3) is 0.500. The summed E-state index contributed by atoms with van der Waals surface area (Å²) < 4.78 is 0. The van der Waals surface area contributed by atoms with Gasteiger partial charge in [-0.05, 0) is 42.4 Å². The van der Waals surface area contributed by atoms with Gasteiger partial charge in [-0.1, -0.05) is 12.1 Å². The Kier molecular flexibility index (Phi) is 4.80. The molecule has 1 fully saturated rings. The van der Waals surface area contributed by atoms with Crippen molar-refractivity contribution in [2.24, 2.45) is 5.92 Å². The Balaban J connectivity index is 1.43. The van der Waals surface area contributed by atoms with Crippen molar-refractivity contribution in [1.82, 2.24) is 15.3 Å². The summed E-state index contributed by atoms with van der Waals surface area (Å²) >= 11 is 2.00. The van der Waals surface area contributed by atoms with E-state index >= 15 is 0 Å². The first-order valence-electron chi connectivity index (χ1n) is 7.59. The third-order valence-electron chi connectivity index (χ3n) is 3.94. The number of amides is 1. The van der Waals surface area contributed by atoms with E-state index in [1.807, 2.05) is 36.0 Å². The zero-order valence-electron chi connectivity index (χ0n) is 12.1. The number of rotatable bonds is 5. The molecule has 0 aliphatic carbocycles. The Morgan fingerprint density at radius 3 is 2.95 bits per heavy atom. The second-order valence-electron chi connectivity index (χ2n) is 5.56. The molecule has 0 unspecified atom stereocenters. The largest absolute Gasteiger partial charge is 0.356 e. The third kappa shape index (κ3) is 4.00. The Morgan fingerprint density at radius 1 is 1.33 bits per heavy atom. The number of benzene rings is 1. The minimum atomic E-state index is 0.183. The minimum Gasteiger partial charge on any atom is -0.356 e. The molecule has 1 saturated heterocycles. The predicted molar refractivity (Wildman–Crippen MR) is 87.5 cm³/mol. The zero-order chi connectivity index (χ0) is 14.5. The molecule has 0 spiro atoms. The van der Waals surface area contributed by atoms with Crippen LogP contribution in [0.4, 0.5) is 0 Å². The number of nitrogens with one attached hydrogen (secondary N) is 2. The lowest BCUT2D eigenvalue weighted by molar-refractivity contribution is -0.122. The van der Waals surface area contributed by atoms with Crippen LogP contribution in [0.2, 0.25) is 0 Å². The van der Waals surface area contributed by atoms with Gasteiger partial charge in [-0.15, -0.1) is 0 Å². The lowest BCUT2D eigenvalue weighted by atomic mass is 9.98. The lowest BCUT2D eigenvalue weighted by Gasteiger charge is -2.20. The normalized spacial score (nSPS) is 16.2. The van der Waals surface area contributed by atoms with Gasteiger partial charge in [-0.25, -0.2) is 4.98 Å². The van der Waals surface area contributed by atoms with E-state index < -0.39 is 0 Å². The van der Waals surface area contributed by atoms with Gasteiger partial charge in [-0.2, -0.15) is 11.8 Å². The number of thioether (sulfide) groups is 1. The Bertz CT molecular complexity index is 571. The molecule has 2 aromatic rings. The zero-order valence-corrected chi connectivity index (χ0v) is 12.9. The smallest absolute Gasteiger partial charge is 0.220 e. The van der Waals surface area contributed by atoms with Crippen molar-refractivity contribution in [3.8, 4) is 0 Å². The highest BCUT2D eigenvalue weighted by atomic mass is 32.2. The van der Waals surface area contributed by atoms with Crippen LogP contribution in [0.5, 0.6) is 0 Å². The van der Waals surface area contributed by atoms with Gasteiger partial charge in [0.15, 0.2) is 0 Å². The van der Waals surface area contributed by atoms with Crippen LogP contribution in [-0.2, 0) is 11.2 Å². The average molecular weight is 303 g/mol. The molecule has 2 N–H and O–H groups in total. The Hall–Kier alpha value is -1.49. The molecule has 3 rings (SSSR count). The maximum absolute atomic E-state index is 11.9. The van der Waals surface area contributed by atoms with Crippen LogP contribution < -0.4 is 5.32 Å². The summed E-state index contributed by atoms with van der Waals surface area (Å²) in [5.41, 5.74) is 2.04. The average Bonchev–Trinajstić information content (AvgIpc) is 2.91. The molecule has 1 aliphatic rings. The minimum absolute atomic E-state index is 0.183. The van der Waals surface area contributed by atoms with Gasteiger partial charge in [0.2, 0.25) is 5.91 Å². The first-order valence-corrected chi connectivity index (χ1v) is 8.75. The van der Waals surface area contributed by atoms with Crippen molar-refractivity contribution >= 4 is 28.7 Å². The molecule has 0 atom stereocenters. The number of carbonyl (C=O) groups excluding carboxylic acids is 1. The van der Waals surface area contributed by atoms with E-state index in [1.165, 1.54) is 24.3 Å². The number of H-pyrrole nitrogens is 1. The summed E-state index contributed by atoms with van der Waals surface area (Å²) in [6.45, 7) is 0.653. The van der Waals surface area contributed by atoms with E-state index in [0.29, 0.717) is 18.9 Å². The van der Waals surface area contributed by atoms with Crippen LogP contribution in [0.1, 0.15) is 25.1 Å². The van der Waals surface area contributed by atoms with E-state index in [0.717, 1.165) is 23.3 Å². The number of hydrogen-bond donors (Lipinski definition) is 2. The molecule has 5 heteroatoms. The third-order valence-corrected chi connectivity index (χ3v) is 4.99. The Labute approximate surface area is 129 Å². The van der Waals surface area contributed by atoms with Gasteiger partial charge < -0.3 is 10.3 Å². The first kappa shape index (κ1) is 14.4. The van der Waals surface area contributed by atoms with E-state index in [4.69, 9.17) is 0 Å². The number of fused-ring (bicyclic) bond motifs is 1. The number of hydrogen-bond acceptors (Lipinski definition) is 3. The fourth-order valence-electron chi connectivity index (χ4n) is 2.73. The highest BCUT2D eigenvalue weighted by Gasteiger charge is 2.16. The van der Waals surface area contributed by atoms with Crippen LogP contribution >= 0.6 is 11.8 Å². The molecule has 0 bridgehead atoms. The summed E-state index contributed by atoms with van der Waals surface area (Å²) in [5.74, 6) is 4.11. The molecule has 1 aromatic carbocycles. The molecule has 21 heavy (non-hydrogen) atoms. The standard InChI is InChI=1S/C16H21N3OS/c20-16(11-12-6-9-21-10-7-12)17-8-5-15-18-13-3-1-2-4-14(13)19-15/h1-4,12H,5-11H2,(H,17,20)(H,18,19). The van der Waals surface area contributed by atoms with Crippen molar-refractivity contribution in [2.75, 3.05) is 18.1 Å². The van der Waals surface area contributed by atoms with E-state index in [9.17, 15) is 4.79 Å². The van der Waals surface area contributed by atoms with Gasteiger partial charge in [0.05, 0.1) is 11.0 Å². The molecular weight excluding hydrogens is 282 g/mol. The number of aromatic amines is 1. The fourth-order valence-corrected chi connectivity index (χ4v) is 3.93. The monoisotopic (exact) mass is 303 g/mol. The number of para-hydroxylation sites is 2. The summed E-state index contributed by atoms with van der Waals surface area (Å²) in [6, 6.07) is 7.99. The van der Waals surface area contributed by atoms with Crippen molar-refractivity contribution in [3.05, 3.63) is 30.1 Å². The van der Waals surface area contributed by atoms with Gasteiger partial charge in [-0.3, -0.25) is 4.79 Å². The highest BCUT2D eigenvalue weighted by Crippen LogP contribution is 2.24. The molecular formula is C16H21N3OS. The highest BCUT2D eigenvalue weighted by molar-refractivity contribution is 7.99. The van der Waals surface area contributed by atoms with E-state index in [2.05, 4.69) is 15.3 Å². The quantitative estimate of drug-likeness (QED) is 0.893. The summed E-state index contributed by atoms with van der Waals surface area (Å²) in [5, 5.41) is 3.02. The van der Waals surface area contributed by atoms with Gasteiger partial charge >= 0.3 is 0 Å². The molecule has 1 aromatic heterocycles. The van der Waals surface area contributed by atoms with Crippen molar-refractivity contribution in [1.29, 1.82) is 0 Å². The number of carbonyl (C=O) groups is 1. The van der Waals surface area contributed by atoms with Crippen molar-refractivity contribution in [3.63, 3.8) is 0 Å². The lowest BCUT2D eigenvalue weighted by Crippen LogP contribution is -2.28. The first-order chi connectivity index (χ1) is 10.3. The van der Waals surface area contributed by atoms with Gasteiger partial charge in [0, 0.05) is 19.4 Å². The van der Waals surface area contributed by atoms with Gasteiger partial charge in [0.1, 0.15) is 5.82 Å². The number of nitrogens with zero attached hydrogens (tertiary/aromatic N) is 1. The molecule has 0 radical (unpaired) electrons. The molecule has 1 amide bonds. The second kappa shape index (κ2) is 6.98. The molecule has 0 saturated carbocycles. The summed E-state index contributed by atoms with van der Waals surface area (Å²) in [6.07, 6.45) is 3.80.